The van der Waals surface area contributed by atoms with Gasteiger partial charge in [-0.3, -0.25) is 0 Å². The van der Waals surface area contributed by atoms with Crippen molar-refractivity contribution in [1.29, 1.82) is 0 Å². The third-order valence-electron chi connectivity index (χ3n) is 3.64. The Kier molecular flexibility index (Phi) is 6.54. The maximum absolute atomic E-state index is 6.42. The minimum Gasteiger partial charge on any atom is -0.493 e. The van der Waals surface area contributed by atoms with Gasteiger partial charge in [-0.1, -0.05) is 40.9 Å². The quantitative estimate of drug-likeness (QED) is 0.443. The lowest BCUT2D eigenvalue weighted by Crippen LogP contribution is -2.02. The minimum absolute atomic E-state index is 0.448. The normalized spacial score (nSPS) is 10.6. The summed E-state index contributed by atoms with van der Waals surface area (Å²) in [4.78, 5) is 1.12. The Labute approximate surface area is 171 Å². The van der Waals surface area contributed by atoms with Gasteiger partial charge < -0.3 is 14.8 Å². The van der Waals surface area contributed by atoms with Crippen LogP contribution < -0.4 is 14.8 Å². The number of anilines is 1. The number of benzene rings is 2. The highest BCUT2D eigenvalue weighted by Crippen LogP contribution is 2.37. The van der Waals surface area contributed by atoms with Crippen LogP contribution in [0.25, 0.3) is 0 Å². The van der Waals surface area contributed by atoms with Crippen LogP contribution in [0.4, 0.5) is 5.69 Å². The van der Waals surface area contributed by atoms with Crippen molar-refractivity contribution in [1.82, 2.24) is 0 Å². The van der Waals surface area contributed by atoms with E-state index in [4.69, 9.17) is 44.3 Å². The van der Waals surface area contributed by atoms with E-state index in [2.05, 4.69) is 5.32 Å². The smallest absolute Gasteiger partial charge is 0.180 e. The second-order valence-electron chi connectivity index (χ2n) is 5.45. The van der Waals surface area contributed by atoms with Crippen molar-refractivity contribution in [2.24, 2.45) is 0 Å². The molecule has 3 nitrogen and oxygen atoms in total. The molecule has 0 saturated carbocycles. The van der Waals surface area contributed by atoms with Crippen molar-refractivity contribution in [2.45, 2.75) is 13.2 Å². The Balaban J connectivity index is 1.74. The van der Waals surface area contributed by atoms with E-state index in [0.717, 1.165) is 16.1 Å². The number of ether oxygens (including phenoxy) is 2. The van der Waals surface area contributed by atoms with E-state index in [1.807, 2.05) is 29.6 Å². The predicted octanol–water partition coefficient (Wildman–Crippen LogP) is 6.91. The molecule has 0 bridgehead atoms. The number of halogens is 3. The molecule has 7 heteroatoms. The van der Waals surface area contributed by atoms with E-state index in [9.17, 15) is 0 Å². The van der Waals surface area contributed by atoms with Gasteiger partial charge in [-0.2, -0.15) is 0 Å². The van der Waals surface area contributed by atoms with Crippen molar-refractivity contribution in [3.05, 3.63) is 73.4 Å². The molecule has 0 spiro atoms. The number of rotatable bonds is 7. The monoisotopic (exact) mass is 427 g/mol. The first-order chi connectivity index (χ1) is 12.6. The van der Waals surface area contributed by atoms with Gasteiger partial charge in [0, 0.05) is 16.4 Å². The van der Waals surface area contributed by atoms with Gasteiger partial charge in [0.15, 0.2) is 11.5 Å². The highest BCUT2D eigenvalue weighted by Gasteiger charge is 2.13. The lowest BCUT2D eigenvalue weighted by atomic mass is 10.2. The average molecular weight is 429 g/mol. The highest BCUT2D eigenvalue weighted by molar-refractivity contribution is 7.09. The van der Waals surface area contributed by atoms with Crippen LogP contribution in [0.15, 0.2) is 47.8 Å². The molecule has 0 fully saturated rings. The summed E-state index contributed by atoms with van der Waals surface area (Å²) in [7, 11) is 1.59. The number of hydrogen-bond acceptors (Lipinski definition) is 4. The first-order valence-corrected chi connectivity index (χ1v) is 9.78. The van der Waals surface area contributed by atoms with Crippen LogP contribution in [0.1, 0.15) is 10.4 Å². The lowest BCUT2D eigenvalue weighted by molar-refractivity contribution is 0.287. The lowest BCUT2D eigenvalue weighted by Gasteiger charge is -2.15. The second kappa shape index (κ2) is 8.87. The van der Waals surface area contributed by atoms with Gasteiger partial charge in [-0.15, -0.1) is 11.3 Å². The minimum atomic E-state index is 0.448. The maximum atomic E-state index is 6.42. The molecule has 0 radical (unpaired) electrons. The first-order valence-electron chi connectivity index (χ1n) is 7.77. The molecular weight excluding hydrogens is 413 g/mol. The molecule has 2 aromatic carbocycles. The molecule has 0 amide bonds. The second-order valence-corrected chi connectivity index (χ2v) is 7.74. The van der Waals surface area contributed by atoms with Gasteiger partial charge in [-0.25, -0.2) is 0 Å². The van der Waals surface area contributed by atoms with Crippen molar-refractivity contribution >= 4 is 51.8 Å². The van der Waals surface area contributed by atoms with Crippen molar-refractivity contribution in [3.63, 3.8) is 0 Å². The molecule has 0 aliphatic rings. The fourth-order valence-electron chi connectivity index (χ4n) is 2.38. The van der Waals surface area contributed by atoms with Gasteiger partial charge >= 0.3 is 0 Å². The molecule has 1 heterocycles. The van der Waals surface area contributed by atoms with Crippen LogP contribution in [-0.2, 0) is 13.2 Å². The van der Waals surface area contributed by atoms with Crippen LogP contribution in [-0.4, -0.2) is 7.11 Å². The Hall–Kier alpha value is -1.59. The fraction of sp³-hybridized carbons (Fsp3) is 0.158. The molecule has 1 N–H and O–H groups in total. The highest BCUT2D eigenvalue weighted by atomic mass is 35.5. The summed E-state index contributed by atoms with van der Waals surface area (Å²) < 4.78 is 11.3. The topological polar surface area (TPSA) is 30.5 Å². The summed E-state index contributed by atoms with van der Waals surface area (Å²) in [6, 6.07) is 13.0. The summed E-state index contributed by atoms with van der Waals surface area (Å²) in [6.07, 6.45) is 0. The molecule has 3 rings (SSSR count). The molecule has 26 heavy (non-hydrogen) atoms. The van der Waals surface area contributed by atoms with Crippen LogP contribution in [0, 0.1) is 0 Å². The van der Waals surface area contributed by atoms with Crippen molar-refractivity contribution < 1.29 is 9.47 Å². The molecular formula is C19H16Cl3NO2S. The molecule has 0 aliphatic carbocycles. The first kappa shape index (κ1) is 19.2. The Morgan fingerprint density at radius 3 is 2.62 bits per heavy atom. The summed E-state index contributed by atoms with van der Waals surface area (Å²) in [6.45, 7) is 0.963. The number of hydrogen-bond donors (Lipinski definition) is 1. The molecule has 0 unspecified atom stereocenters. The van der Waals surface area contributed by atoms with E-state index in [1.165, 1.54) is 0 Å². The zero-order valence-electron chi connectivity index (χ0n) is 13.9. The van der Waals surface area contributed by atoms with E-state index in [0.29, 0.717) is 39.7 Å². The van der Waals surface area contributed by atoms with E-state index < -0.39 is 0 Å². The van der Waals surface area contributed by atoms with Gasteiger partial charge in [0.25, 0.3) is 0 Å². The van der Waals surface area contributed by atoms with Crippen molar-refractivity contribution in [2.75, 3.05) is 12.4 Å². The molecule has 3 aromatic rings. The SMILES string of the molecule is COc1cc(CNc2cc(Cl)ccc2Cl)cc(Cl)c1OCc1cccs1. The van der Waals surface area contributed by atoms with Crippen molar-refractivity contribution in [3.8, 4) is 11.5 Å². The Bertz CT molecular complexity index is 885. The van der Waals surface area contributed by atoms with E-state index in [-0.39, 0.29) is 0 Å². The van der Waals surface area contributed by atoms with Gasteiger partial charge in [0.2, 0.25) is 0 Å². The van der Waals surface area contributed by atoms with Crippen LogP contribution >= 0.6 is 46.1 Å². The van der Waals surface area contributed by atoms with Crippen LogP contribution in [0.5, 0.6) is 11.5 Å². The van der Waals surface area contributed by atoms with Crippen LogP contribution in [0.3, 0.4) is 0 Å². The third kappa shape index (κ3) is 4.77. The third-order valence-corrected chi connectivity index (χ3v) is 5.33. The molecule has 1 aromatic heterocycles. The molecule has 136 valence electrons. The zero-order valence-corrected chi connectivity index (χ0v) is 17.0. The van der Waals surface area contributed by atoms with Gasteiger partial charge in [-0.05, 0) is 47.3 Å². The summed E-state index contributed by atoms with van der Waals surface area (Å²) in [5.74, 6) is 1.12. The number of nitrogens with one attached hydrogen (secondary N) is 1. The molecule has 0 saturated heterocycles. The standard InChI is InChI=1S/C19H16Cl3NO2S/c1-24-18-8-12(10-23-17-9-13(20)4-5-15(17)21)7-16(22)19(18)25-11-14-3-2-6-26-14/h2-9,23H,10-11H2,1H3. The Morgan fingerprint density at radius 1 is 1.04 bits per heavy atom. The summed E-state index contributed by atoms with van der Waals surface area (Å²) >= 11 is 20.2. The van der Waals surface area contributed by atoms with E-state index >= 15 is 0 Å². The van der Waals surface area contributed by atoms with E-state index in [1.54, 1.807) is 36.6 Å². The largest absolute Gasteiger partial charge is 0.493 e. The Morgan fingerprint density at radius 2 is 1.88 bits per heavy atom. The fourth-order valence-corrected chi connectivity index (χ4v) is 3.64. The van der Waals surface area contributed by atoms with Gasteiger partial charge in [0.1, 0.15) is 6.61 Å². The average Bonchev–Trinajstić information content (AvgIpc) is 3.14. The predicted molar refractivity (Wildman–Crippen MR) is 110 cm³/mol. The molecule has 0 aliphatic heterocycles. The molecule has 0 atom stereocenters. The number of methoxy groups -OCH3 is 1. The van der Waals surface area contributed by atoms with Gasteiger partial charge in [0.05, 0.1) is 22.8 Å². The zero-order chi connectivity index (χ0) is 18.5. The van der Waals surface area contributed by atoms with Crippen LogP contribution in [0.2, 0.25) is 15.1 Å². The summed E-state index contributed by atoms with van der Waals surface area (Å²) in [5, 5.41) is 6.97. The summed E-state index contributed by atoms with van der Waals surface area (Å²) in [5.41, 5.74) is 1.69. The number of thiophene rings is 1. The maximum Gasteiger partial charge on any atom is 0.180 e.